The van der Waals surface area contributed by atoms with E-state index in [0.717, 1.165) is 0 Å². The second-order valence-electron chi connectivity index (χ2n) is 3.13. The number of aliphatic hydroxyl groups excluding tert-OH is 1. The first-order valence-electron chi connectivity index (χ1n) is 4.38. The average molecular weight is 218 g/mol. The maximum atomic E-state index is 9.76. The number of hydrogen-bond donors (Lipinski definition) is 3. The summed E-state index contributed by atoms with van der Waals surface area (Å²) in [5.41, 5.74) is 0.0141. The summed E-state index contributed by atoms with van der Waals surface area (Å²) in [7, 11) is 2.61. The molecular formula is C8H14N2O5. The smallest absolute Gasteiger partial charge is 0.244 e. The molecule has 0 amide bonds. The molecule has 0 aromatic carbocycles. The van der Waals surface area contributed by atoms with Gasteiger partial charge in [-0.15, -0.1) is 0 Å². The molecule has 0 unspecified atom stereocenters. The highest BCUT2D eigenvalue weighted by atomic mass is 16.7. The highest BCUT2D eigenvalue weighted by Gasteiger charge is 2.50. The predicted octanol–water partition coefficient (Wildman–Crippen LogP) is -0.209. The summed E-state index contributed by atoms with van der Waals surface area (Å²) in [6.45, 7) is 0. The number of hydrogen-bond acceptors (Lipinski definition) is 7. The number of ether oxygens (including phenoxy) is 2. The largest absolute Gasteiger partial charge is 0.411 e. The lowest BCUT2D eigenvalue weighted by Gasteiger charge is -2.38. The average Bonchev–Trinajstić information content (AvgIpc) is 2.28. The minimum absolute atomic E-state index is 0.117. The number of rotatable bonds is 2. The summed E-state index contributed by atoms with van der Waals surface area (Å²) in [4.78, 5) is 0. The molecule has 1 atom stereocenters. The maximum Gasteiger partial charge on any atom is 0.244 e. The zero-order valence-electron chi connectivity index (χ0n) is 8.54. The predicted molar refractivity (Wildman–Crippen MR) is 50.4 cm³/mol. The lowest BCUT2D eigenvalue weighted by atomic mass is 9.87. The molecule has 1 aliphatic carbocycles. The third kappa shape index (κ3) is 1.69. The third-order valence-electron chi connectivity index (χ3n) is 2.52. The van der Waals surface area contributed by atoms with E-state index in [9.17, 15) is 5.11 Å². The van der Waals surface area contributed by atoms with E-state index >= 15 is 0 Å². The van der Waals surface area contributed by atoms with Crippen LogP contribution in [0.25, 0.3) is 0 Å². The molecule has 0 radical (unpaired) electrons. The Bertz CT molecular complexity index is 285. The summed E-state index contributed by atoms with van der Waals surface area (Å²) in [5.74, 6) is -1.57. The number of aliphatic hydroxyl groups is 1. The van der Waals surface area contributed by atoms with Gasteiger partial charge < -0.3 is 25.0 Å². The summed E-state index contributed by atoms with van der Waals surface area (Å²) in [6.07, 6.45) is -0.407. The van der Waals surface area contributed by atoms with E-state index in [0.29, 0.717) is 6.42 Å². The molecule has 86 valence electrons. The van der Waals surface area contributed by atoms with Gasteiger partial charge in [-0.05, 0) is 12.8 Å². The SMILES string of the molecule is COC1(OC)C(=N/O)/C(=N/O)CC[C@@H]1O. The van der Waals surface area contributed by atoms with Crippen LogP contribution in [-0.2, 0) is 9.47 Å². The van der Waals surface area contributed by atoms with Crippen molar-refractivity contribution in [1.29, 1.82) is 0 Å². The fourth-order valence-corrected chi connectivity index (χ4v) is 1.71. The molecule has 15 heavy (non-hydrogen) atoms. The van der Waals surface area contributed by atoms with Crippen LogP contribution in [0.1, 0.15) is 12.8 Å². The molecule has 0 aromatic rings. The molecule has 0 saturated heterocycles. The Morgan fingerprint density at radius 3 is 2.27 bits per heavy atom. The van der Waals surface area contributed by atoms with Crippen molar-refractivity contribution in [3.05, 3.63) is 0 Å². The second-order valence-corrected chi connectivity index (χ2v) is 3.13. The number of oxime groups is 2. The van der Waals surface area contributed by atoms with E-state index < -0.39 is 11.9 Å². The Kier molecular flexibility index (Phi) is 3.61. The van der Waals surface area contributed by atoms with Crippen molar-refractivity contribution in [2.24, 2.45) is 10.3 Å². The summed E-state index contributed by atoms with van der Waals surface area (Å²) in [5, 5.41) is 33.2. The van der Waals surface area contributed by atoms with Crippen molar-refractivity contribution in [3.8, 4) is 0 Å². The standard InChI is InChI=1S/C8H14N2O5/c1-14-8(15-2)6(11)4-3-5(9-12)7(8)10-13/h6,11-13H,3-4H2,1-2H3/b9-5+,10-7+/t6-/m0/s1. The third-order valence-corrected chi connectivity index (χ3v) is 2.52. The quantitative estimate of drug-likeness (QED) is 0.338. The molecule has 1 fully saturated rings. The number of methoxy groups -OCH3 is 2. The molecule has 3 N–H and O–H groups in total. The molecule has 7 nitrogen and oxygen atoms in total. The summed E-state index contributed by atoms with van der Waals surface area (Å²) >= 11 is 0. The van der Waals surface area contributed by atoms with Crippen LogP contribution in [0, 0.1) is 0 Å². The minimum atomic E-state index is -1.57. The van der Waals surface area contributed by atoms with Crippen molar-refractivity contribution in [2.75, 3.05) is 14.2 Å². The van der Waals surface area contributed by atoms with E-state index in [-0.39, 0.29) is 17.8 Å². The van der Waals surface area contributed by atoms with Crippen molar-refractivity contribution < 1.29 is 25.0 Å². The van der Waals surface area contributed by atoms with Crippen LogP contribution >= 0.6 is 0 Å². The van der Waals surface area contributed by atoms with Crippen molar-refractivity contribution in [1.82, 2.24) is 0 Å². The van der Waals surface area contributed by atoms with Crippen molar-refractivity contribution in [3.63, 3.8) is 0 Å². The second kappa shape index (κ2) is 4.56. The minimum Gasteiger partial charge on any atom is -0.411 e. The van der Waals surface area contributed by atoms with E-state index in [4.69, 9.17) is 19.9 Å². The molecule has 0 spiro atoms. The van der Waals surface area contributed by atoms with Gasteiger partial charge in [-0.1, -0.05) is 10.3 Å². The van der Waals surface area contributed by atoms with Crippen LogP contribution in [0.5, 0.6) is 0 Å². The molecular weight excluding hydrogens is 204 g/mol. The highest BCUT2D eigenvalue weighted by molar-refractivity contribution is 6.45. The van der Waals surface area contributed by atoms with Crippen LogP contribution in [0.3, 0.4) is 0 Å². The van der Waals surface area contributed by atoms with Gasteiger partial charge in [-0.25, -0.2) is 0 Å². The fourth-order valence-electron chi connectivity index (χ4n) is 1.71. The molecule has 0 aliphatic heterocycles. The van der Waals surface area contributed by atoms with Gasteiger partial charge in [0, 0.05) is 14.2 Å². The van der Waals surface area contributed by atoms with E-state index in [2.05, 4.69) is 10.3 Å². The van der Waals surface area contributed by atoms with E-state index in [1.807, 2.05) is 0 Å². The molecule has 1 saturated carbocycles. The topological polar surface area (TPSA) is 104 Å². The lowest BCUT2D eigenvalue weighted by molar-refractivity contribution is -0.213. The maximum absolute atomic E-state index is 9.76. The van der Waals surface area contributed by atoms with Crippen molar-refractivity contribution in [2.45, 2.75) is 24.7 Å². The van der Waals surface area contributed by atoms with Gasteiger partial charge in [0.05, 0.1) is 0 Å². The molecule has 1 rings (SSSR count). The van der Waals surface area contributed by atoms with Crippen LogP contribution in [-0.4, -0.2) is 53.1 Å². The van der Waals surface area contributed by atoms with Gasteiger partial charge in [0.1, 0.15) is 11.8 Å². The molecule has 0 aromatic heterocycles. The van der Waals surface area contributed by atoms with Crippen LogP contribution < -0.4 is 0 Å². The molecule has 7 heteroatoms. The van der Waals surface area contributed by atoms with Crippen LogP contribution in [0.4, 0.5) is 0 Å². The van der Waals surface area contributed by atoms with Gasteiger partial charge in [0.2, 0.25) is 5.79 Å². The fraction of sp³-hybridized carbons (Fsp3) is 0.750. The van der Waals surface area contributed by atoms with E-state index in [1.54, 1.807) is 0 Å². The summed E-state index contributed by atoms with van der Waals surface area (Å²) < 4.78 is 10.0. The van der Waals surface area contributed by atoms with Gasteiger partial charge in [0.15, 0.2) is 5.71 Å². The first-order valence-corrected chi connectivity index (χ1v) is 4.38. The van der Waals surface area contributed by atoms with E-state index in [1.165, 1.54) is 14.2 Å². The first-order chi connectivity index (χ1) is 7.16. The normalized spacial score (nSPS) is 31.0. The van der Waals surface area contributed by atoms with Gasteiger partial charge in [-0.3, -0.25) is 0 Å². The molecule has 1 aliphatic rings. The Labute approximate surface area is 86.6 Å². The zero-order chi connectivity index (χ0) is 11.5. The Morgan fingerprint density at radius 2 is 1.87 bits per heavy atom. The summed E-state index contributed by atoms with van der Waals surface area (Å²) in [6, 6.07) is 0. The van der Waals surface area contributed by atoms with Gasteiger partial charge in [0.25, 0.3) is 0 Å². The van der Waals surface area contributed by atoms with Crippen LogP contribution in [0.15, 0.2) is 10.3 Å². The number of nitrogens with zero attached hydrogens (tertiary/aromatic N) is 2. The highest BCUT2D eigenvalue weighted by Crippen LogP contribution is 2.29. The van der Waals surface area contributed by atoms with Gasteiger partial charge >= 0.3 is 0 Å². The Balaban J connectivity index is 3.18. The molecule has 0 heterocycles. The first kappa shape index (κ1) is 11.9. The van der Waals surface area contributed by atoms with Gasteiger partial charge in [-0.2, -0.15) is 0 Å². The zero-order valence-corrected chi connectivity index (χ0v) is 8.54. The monoisotopic (exact) mass is 218 g/mol. The van der Waals surface area contributed by atoms with Crippen molar-refractivity contribution >= 4 is 11.4 Å². The lowest BCUT2D eigenvalue weighted by Crippen LogP contribution is -2.58. The Morgan fingerprint density at radius 1 is 1.27 bits per heavy atom. The van der Waals surface area contributed by atoms with Crippen LogP contribution in [0.2, 0.25) is 0 Å². The molecule has 0 bridgehead atoms. The Hall–Kier alpha value is -1.18.